The van der Waals surface area contributed by atoms with E-state index in [1.807, 2.05) is 0 Å². The van der Waals surface area contributed by atoms with E-state index in [0.29, 0.717) is 44.9 Å². The van der Waals surface area contributed by atoms with E-state index in [9.17, 15) is 13.6 Å². The Morgan fingerprint density at radius 2 is 1.90 bits per heavy atom. The van der Waals surface area contributed by atoms with Gasteiger partial charge in [-0.25, -0.2) is 18.7 Å². The van der Waals surface area contributed by atoms with Gasteiger partial charge in [0.05, 0.1) is 10.9 Å². The molecule has 2 aromatic heterocycles. The number of aryl methyl sites for hydroxylation is 2. The van der Waals surface area contributed by atoms with Crippen LogP contribution in [0.5, 0.6) is 0 Å². The normalized spacial score (nSPS) is 14.9. The molecule has 1 aromatic carbocycles. The third-order valence-electron chi connectivity index (χ3n) is 5.97. The van der Waals surface area contributed by atoms with Crippen LogP contribution in [0.3, 0.4) is 0 Å². The Morgan fingerprint density at radius 3 is 2.53 bits per heavy atom. The smallest absolute Gasteiger partial charge is 0.264 e. The van der Waals surface area contributed by atoms with E-state index in [1.54, 1.807) is 43.7 Å². The molecule has 5 nitrogen and oxygen atoms in total. The van der Waals surface area contributed by atoms with Crippen LogP contribution in [0, 0.1) is 20.8 Å². The lowest BCUT2D eigenvalue weighted by atomic mass is 10.0. The summed E-state index contributed by atoms with van der Waals surface area (Å²) in [7, 11) is 0. The first kappa shape index (κ1) is 20.2. The van der Waals surface area contributed by atoms with Crippen LogP contribution in [0.25, 0.3) is 16.6 Å². The summed E-state index contributed by atoms with van der Waals surface area (Å²) in [6, 6.07) is 4.76. The molecule has 1 aliphatic carbocycles. The lowest BCUT2D eigenvalue weighted by Gasteiger charge is -2.19. The molecule has 1 aliphatic rings. The van der Waals surface area contributed by atoms with Crippen molar-refractivity contribution in [3.63, 3.8) is 0 Å². The topological polar surface area (TPSA) is 59.8 Å². The van der Waals surface area contributed by atoms with E-state index in [0.717, 1.165) is 12.8 Å². The summed E-state index contributed by atoms with van der Waals surface area (Å²) in [6.07, 6.45) is 1.13. The molecule has 1 saturated carbocycles. The molecule has 1 N–H and O–H groups in total. The van der Waals surface area contributed by atoms with E-state index < -0.39 is 6.43 Å². The van der Waals surface area contributed by atoms with Crippen molar-refractivity contribution in [2.24, 2.45) is 0 Å². The first-order valence-corrected chi connectivity index (χ1v) is 9.87. The summed E-state index contributed by atoms with van der Waals surface area (Å²) < 4.78 is 28.4. The molecule has 156 valence electrons. The number of fused-ring (bicyclic) bond motifs is 1. The number of nitrogens with zero attached hydrogens (tertiary/aromatic N) is 3. The van der Waals surface area contributed by atoms with E-state index in [2.05, 4.69) is 28.8 Å². The maximum atomic E-state index is 13.3. The Hall–Kier alpha value is -3.09. The van der Waals surface area contributed by atoms with Crippen LogP contribution in [-0.2, 0) is 5.54 Å². The van der Waals surface area contributed by atoms with E-state index >= 15 is 0 Å². The summed E-state index contributed by atoms with van der Waals surface area (Å²) >= 11 is 0. The molecule has 0 radical (unpaired) electrons. The van der Waals surface area contributed by atoms with Crippen molar-refractivity contribution in [3.8, 4) is 0 Å². The monoisotopic (exact) mass is 410 g/mol. The lowest BCUT2D eigenvalue weighted by Crippen LogP contribution is -2.29. The maximum absolute atomic E-state index is 13.3. The first-order chi connectivity index (χ1) is 14.1. The summed E-state index contributed by atoms with van der Waals surface area (Å²) in [6.45, 7) is 11.3. The van der Waals surface area contributed by atoms with Gasteiger partial charge >= 0.3 is 0 Å². The third-order valence-corrected chi connectivity index (χ3v) is 5.97. The molecule has 0 aliphatic heterocycles. The van der Waals surface area contributed by atoms with Crippen LogP contribution >= 0.6 is 0 Å². The predicted molar refractivity (Wildman–Crippen MR) is 115 cm³/mol. The minimum atomic E-state index is -2.56. The molecule has 2 heterocycles. The average molecular weight is 410 g/mol. The Morgan fingerprint density at radius 1 is 1.20 bits per heavy atom. The fourth-order valence-electron chi connectivity index (χ4n) is 3.80. The molecule has 7 heteroatoms. The molecule has 30 heavy (non-hydrogen) atoms. The number of alkyl halides is 2. The highest BCUT2D eigenvalue weighted by molar-refractivity contribution is 5.94. The molecule has 1 fully saturated rings. The second kappa shape index (κ2) is 7.00. The van der Waals surface area contributed by atoms with Gasteiger partial charge in [0.25, 0.3) is 12.0 Å². The highest BCUT2D eigenvalue weighted by Crippen LogP contribution is 2.42. The van der Waals surface area contributed by atoms with Gasteiger partial charge in [0.15, 0.2) is 0 Å². The van der Waals surface area contributed by atoms with Crippen molar-refractivity contribution in [3.05, 3.63) is 69.4 Å². The summed E-state index contributed by atoms with van der Waals surface area (Å²) in [5.74, 6) is 1.01. The van der Waals surface area contributed by atoms with Crippen LogP contribution < -0.4 is 10.9 Å². The van der Waals surface area contributed by atoms with Gasteiger partial charge in [0.2, 0.25) is 0 Å². The van der Waals surface area contributed by atoms with Crippen LogP contribution in [0.15, 0.2) is 35.8 Å². The number of hydrogen-bond acceptors (Lipinski definition) is 4. The largest absolute Gasteiger partial charge is 0.340 e. The number of hydrogen-bond donors (Lipinski definition) is 1. The Labute approximate surface area is 173 Å². The number of anilines is 1. The molecule has 4 rings (SSSR count). The predicted octanol–water partition coefficient (Wildman–Crippen LogP) is 5.25. The maximum Gasteiger partial charge on any atom is 0.264 e. The van der Waals surface area contributed by atoms with Crippen molar-refractivity contribution in [1.82, 2.24) is 14.5 Å². The first-order valence-electron chi connectivity index (χ1n) is 9.87. The Bertz CT molecular complexity index is 1240. The fraction of sp³-hybridized carbons (Fsp3) is 0.348. The molecule has 0 unspecified atom stereocenters. The minimum absolute atomic E-state index is 0.0227. The van der Waals surface area contributed by atoms with Crippen LogP contribution in [0.1, 0.15) is 54.3 Å². The molecule has 3 aromatic rings. The zero-order valence-corrected chi connectivity index (χ0v) is 17.5. The molecular formula is C23H24F2N4O. The van der Waals surface area contributed by atoms with Crippen molar-refractivity contribution >= 4 is 22.4 Å². The molecule has 0 saturated heterocycles. The summed E-state index contributed by atoms with van der Waals surface area (Å²) in [4.78, 5) is 21.9. The number of halogens is 2. The second-order valence-electron chi connectivity index (χ2n) is 8.23. The summed E-state index contributed by atoms with van der Waals surface area (Å²) in [5.41, 5.74) is 2.42. The van der Waals surface area contributed by atoms with Gasteiger partial charge in [-0.2, -0.15) is 0 Å². The Kier molecular flexibility index (Phi) is 4.71. The molecule has 0 spiro atoms. The van der Waals surface area contributed by atoms with Gasteiger partial charge in [-0.15, -0.1) is 0 Å². The molecule has 0 bridgehead atoms. The van der Waals surface area contributed by atoms with E-state index in [1.165, 1.54) is 6.07 Å². The van der Waals surface area contributed by atoms with Crippen molar-refractivity contribution in [1.29, 1.82) is 0 Å². The Balaban J connectivity index is 1.84. The molecule has 0 atom stereocenters. The van der Waals surface area contributed by atoms with Gasteiger partial charge < -0.3 is 9.88 Å². The van der Waals surface area contributed by atoms with E-state index in [4.69, 9.17) is 0 Å². The van der Waals surface area contributed by atoms with Gasteiger partial charge in [-0.1, -0.05) is 24.8 Å². The molecule has 0 amide bonds. The quantitative estimate of drug-likeness (QED) is 0.624. The molecular weight excluding hydrogens is 386 g/mol. The number of aromatic nitrogens is 3. The van der Waals surface area contributed by atoms with Crippen LogP contribution in [0.2, 0.25) is 0 Å². The minimum Gasteiger partial charge on any atom is -0.340 e. The van der Waals surface area contributed by atoms with Gasteiger partial charge in [0.1, 0.15) is 11.6 Å². The van der Waals surface area contributed by atoms with Crippen LogP contribution in [-0.4, -0.2) is 14.5 Å². The number of nitrogens with one attached hydrogen (secondary N) is 1. The third kappa shape index (κ3) is 3.28. The number of pyridine rings is 1. The van der Waals surface area contributed by atoms with Gasteiger partial charge in [-0.05, 0) is 46.1 Å². The van der Waals surface area contributed by atoms with Gasteiger partial charge in [0, 0.05) is 34.1 Å². The SMILES string of the molecule is C=C(Nc1nc(C)nc2c(C)c(=O)n(C3(C)CC3)cc12)c1cccc(C(F)F)c1C. The second-order valence-corrected chi connectivity index (χ2v) is 8.23. The summed E-state index contributed by atoms with van der Waals surface area (Å²) in [5, 5.41) is 3.89. The van der Waals surface area contributed by atoms with Crippen molar-refractivity contribution in [2.75, 3.05) is 5.32 Å². The van der Waals surface area contributed by atoms with Crippen molar-refractivity contribution < 1.29 is 8.78 Å². The average Bonchev–Trinajstić information content (AvgIpc) is 3.43. The lowest BCUT2D eigenvalue weighted by molar-refractivity contribution is 0.150. The van der Waals surface area contributed by atoms with Crippen LogP contribution in [0.4, 0.5) is 14.6 Å². The van der Waals surface area contributed by atoms with Crippen molar-refractivity contribution in [2.45, 2.75) is 52.5 Å². The van der Waals surface area contributed by atoms with E-state index in [-0.39, 0.29) is 16.7 Å². The van der Waals surface area contributed by atoms with Gasteiger partial charge in [-0.3, -0.25) is 4.79 Å². The number of benzene rings is 1. The zero-order valence-electron chi connectivity index (χ0n) is 17.5. The zero-order chi connectivity index (χ0) is 21.8. The number of rotatable bonds is 5. The fourth-order valence-corrected chi connectivity index (χ4v) is 3.80. The highest BCUT2D eigenvalue weighted by atomic mass is 19.3. The highest BCUT2D eigenvalue weighted by Gasteiger charge is 2.40. The standard InChI is InChI=1S/C23H24F2N4O/c1-12-16(7-6-8-17(12)20(24)25)14(3)26-21-18-11-29(23(5)9-10-23)22(30)13(2)19(18)27-15(4)28-21/h6-8,11,20H,3,9-10H2,1-2,4-5H3,(H,26,27,28).